The quantitative estimate of drug-likeness (QED) is 0.598. The monoisotopic (exact) mass is 421 g/mol. The standard InChI is InChI=1S/C18H21N5.C2HF3O2/c1-2-4-14(5-3-1)13-23(15-8-10-19-11-9-15)16-6-7-17-18(12-16)21-22-20-17;3-2(4,5)1(6)7/h1-7,12,15,19H,8-11,13H2,(H,20,21,22);(H,6,7). The lowest BCUT2D eigenvalue weighted by Crippen LogP contribution is -2.43. The summed E-state index contributed by atoms with van der Waals surface area (Å²) in [5.74, 6) is -2.76. The largest absolute Gasteiger partial charge is 0.490 e. The molecule has 2 aromatic carbocycles. The highest BCUT2D eigenvalue weighted by molar-refractivity contribution is 5.78. The number of nitrogens with one attached hydrogen (secondary N) is 2. The molecule has 0 spiro atoms. The number of hydrogen-bond acceptors (Lipinski definition) is 5. The molecule has 10 heteroatoms. The van der Waals surface area contributed by atoms with Gasteiger partial charge in [0.25, 0.3) is 0 Å². The highest BCUT2D eigenvalue weighted by atomic mass is 19.4. The topological polar surface area (TPSA) is 94.1 Å². The zero-order chi connectivity index (χ0) is 21.6. The number of aliphatic carboxylic acids is 1. The van der Waals surface area contributed by atoms with Crippen molar-refractivity contribution in [1.82, 2.24) is 20.7 Å². The van der Waals surface area contributed by atoms with Gasteiger partial charge in [-0.15, -0.1) is 0 Å². The van der Waals surface area contributed by atoms with E-state index in [1.54, 1.807) is 0 Å². The Bertz CT molecular complexity index is 956. The lowest BCUT2D eigenvalue weighted by Gasteiger charge is -2.36. The first-order chi connectivity index (χ1) is 14.3. The molecule has 1 saturated heterocycles. The number of aromatic amines is 1. The van der Waals surface area contributed by atoms with Gasteiger partial charge in [0.1, 0.15) is 11.0 Å². The number of benzene rings is 2. The summed E-state index contributed by atoms with van der Waals surface area (Å²) in [7, 11) is 0. The zero-order valence-electron chi connectivity index (χ0n) is 16.1. The summed E-state index contributed by atoms with van der Waals surface area (Å²) in [4.78, 5) is 11.4. The summed E-state index contributed by atoms with van der Waals surface area (Å²) >= 11 is 0. The van der Waals surface area contributed by atoms with E-state index in [0.29, 0.717) is 6.04 Å². The van der Waals surface area contributed by atoms with E-state index < -0.39 is 12.1 Å². The second-order valence-electron chi connectivity index (χ2n) is 6.89. The van der Waals surface area contributed by atoms with Crippen LogP contribution in [-0.2, 0) is 11.3 Å². The number of hydrogen-bond donors (Lipinski definition) is 3. The SMILES string of the molecule is O=C(O)C(F)(F)F.c1ccc(CN(c2ccc3n[nH]nc3c2)C2CCNCC2)cc1. The van der Waals surface area contributed by atoms with E-state index in [1.807, 2.05) is 6.07 Å². The van der Waals surface area contributed by atoms with Crippen molar-refractivity contribution in [2.45, 2.75) is 31.6 Å². The Balaban J connectivity index is 0.000000318. The summed E-state index contributed by atoms with van der Waals surface area (Å²) in [5.41, 5.74) is 4.40. The molecule has 0 bridgehead atoms. The molecule has 160 valence electrons. The first-order valence-electron chi connectivity index (χ1n) is 9.46. The summed E-state index contributed by atoms with van der Waals surface area (Å²) in [6, 6.07) is 17.6. The molecule has 3 N–H and O–H groups in total. The number of fused-ring (bicyclic) bond motifs is 1. The summed E-state index contributed by atoms with van der Waals surface area (Å²) in [6.07, 6.45) is -2.74. The number of anilines is 1. The second kappa shape index (κ2) is 9.57. The minimum atomic E-state index is -5.08. The van der Waals surface area contributed by atoms with E-state index in [2.05, 4.69) is 68.1 Å². The molecule has 7 nitrogen and oxygen atoms in total. The average molecular weight is 421 g/mol. The van der Waals surface area contributed by atoms with E-state index in [1.165, 1.54) is 24.1 Å². The van der Waals surface area contributed by atoms with Gasteiger partial charge in [0.15, 0.2) is 0 Å². The van der Waals surface area contributed by atoms with Crippen LogP contribution in [0, 0.1) is 0 Å². The molecule has 0 amide bonds. The fraction of sp³-hybridized carbons (Fsp3) is 0.350. The minimum absolute atomic E-state index is 0.556. The van der Waals surface area contributed by atoms with Crippen LogP contribution in [0.1, 0.15) is 18.4 Å². The van der Waals surface area contributed by atoms with Gasteiger partial charge in [-0.05, 0) is 49.7 Å². The number of alkyl halides is 3. The molecule has 0 saturated carbocycles. The predicted molar refractivity (Wildman–Crippen MR) is 106 cm³/mol. The third kappa shape index (κ3) is 5.69. The summed E-state index contributed by atoms with van der Waals surface area (Å²) < 4.78 is 31.7. The lowest BCUT2D eigenvalue weighted by atomic mass is 10.0. The first kappa shape index (κ1) is 21.6. The maximum absolute atomic E-state index is 10.6. The Morgan fingerprint density at radius 3 is 2.33 bits per heavy atom. The van der Waals surface area contributed by atoms with Crippen molar-refractivity contribution in [2.75, 3.05) is 18.0 Å². The molecule has 0 radical (unpaired) electrons. The number of piperidine rings is 1. The van der Waals surface area contributed by atoms with Gasteiger partial charge in [-0.2, -0.15) is 28.6 Å². The van der Waals surface area contributed by atoms with Gasteiger partial charge in [0.2, 0.25) is 0 Å². The van der Waals surface area contributed by atoms with Gasteiger partial charge >= 0.3 is 12.1 Å². The average Bonchev–Trinajstić information content (AvgIpc) is 3.21. The van der Waals surface area contributed by atoms with Gasteiger partial charge in [-0.3, -0.25) is 0 Å². The van der Waals surface area contributed by atoms with Crippen molar-refractivity contribution in [3.8, 4) is 0 Å². The molecule has 1 aromatic heterocycles. The minimum Gasteiger partial charge on any atom is -0.475 e. The fourth-order valence-corrected chi connectivity index (χ4v) is 3.34. The summed E-state index contributed by atoms with van der Waals surface area (Å²) in [6.45, 7) is 3.10. The van der Waals surface area contributed by atoms with E-state index in [0.717, 1.165) is 30.7 Å². The molecule has 1 aliphatic heterocycles. The second-order valence-corrected chi connectivity index (χ2v) is 6.89. The number of carbonyl (C=O) groups is 1. The first-order valence-corrected chi connectivity index (χ1v) is 9.46. The molecule has 0 aliphatic carbocycles. The number of H-pyrrole nitrogens is 1. The molecule has 1 fully saturated rings. The van der Waals surface area contributed by atoms with Crippen LogP contribution in [0.4, 0.5) is 18.9 Å². The molecule has 1 aliphatic rings. The molecular formula is C20H22F3N5O2. The Hall–Kier alpha value is -3.14. The van der Waals surface area contributed by atoms with Gasteiger partial charge in [0, 0.05) is 18.3 Å². The normalized spacial score (nSPS) is 14.8. The highest BCUT2D eigenvalue weighted by Gasteiger charge is 2.38. The smallest absolute Gasteiger partial charge is 0.475 e. The maximum Gasteiger partial charge on any atom is 0.490 e. The van der Waals surface area contributed by atoms with E-state index in [4.69, 9.17) is 9.90 Å². The van der Waals surface area contributed by atoms with E-state index in [-0.39, 0.29) is 0 Å². The van der Waals surface area contributed by atoms with Crippen LogP contribution in [0.15, 0.2) is 48.5 Å². The van der Waals surface area contributed by atoms with Crippen molar-refractivity contribution >= 4 is 22.7 Å². The molecule has 3 aromatic rings. The Labute approximate surface area is 170 Å². The number of carboxylic acids is 1. The van der Waals surface area contributed by atoms with Gasteiger partial charge in [-0.1, -0.05) is 30.3 Å². The van der Waals surface area contributed by atoms with Gasteiger partial charge < -0.3 is 15.3 Å². The fourth-order valence-electron chi connectivity index (χ4n) is 3.34. The van der Waals surface area contributed by atoms with Crippen LogP contribution in [0.2, 0.25) is 0 Å². The highest BCUT2D eigenvalue weighted by Crippen LogP contribution is 2.26. The number of halogens is 3. The van der Waals surface area contributed by atoms with Crippen LogP contribution in [-0.4, -0.2) is 51.8 Å². The zero-order valence-corrected chi connectivity index (χ0v) is 16.1. The predicted octanol–water partition coefficient (Wildman–Crippen LogP) is 3.35. The van der Waals surface area contributed by atoms with Gasteiger partial charge in [-0.25, -0.2) is 4.79 Å². The third-order valence-corrected chi connectivity index (χ3v) is 4.82. The van der Waals surface area contributed by atoms with Crippen molar-refractivity contribution in [2.24, 2.45) is 0 Å². The van der Waals surface area contributed by atoms with Crippen LogP contribution < -0.4 is 10.2 Å². The van der Waals surface area contributed by atoms with E-state index in [9.17, 15) is 13.2 Å². The van der Waals surface area contributed by atoms with E-state index >= 15 is 0 Å². The van der Waals surface area contributed by atoms with Crippen LogP contribution in [0.5, 0.6) is 0 Å². The summed E-state index contributed by atoms with van der Waals surface area (Å²) in [5, 5.41) is 21.7. The Kier molecular flexibility index (Phi) is 6.88. The molecular weight excluding hydrogens is 399 g/mol. The van der Waals surface area contributed by atoms with Crippen LogP contribution in [0.3, 0.4) is 0 Å². The van der Waals surface area contributed by atoms with Crippen molar-refractivity contribution in [3.63, 3.8) is 0 Å². The Morgan fingerprint density at radius 2 is 1.70 bits per heavy atom. The molecule has 2 heterocycles. The molecule has 0 unspecified atom stereocenters. The van der Waals surface area contributed by atoms with Crippen molar-refractivity contribution in [1.29, 1.82) is 0 Å². The third-order valence-electron chi connectivity index (χ3n) is 4.82. The van der Waals surface area contributed by atoms with Crippen LogP contribution in [0.25, 0.3) is 11.0 Å². The number of aromatic nitrogens is 3. The van der Waals surface area contributed by atoms with Gasteiger partial charge in [0.05, 0.1) is 0 Å². The van der Waals surface area contributed by atoms with Crippen molar-refractivity contribution < 1.29 is 23.1 Å². The maximum atomic E-state index is 10.6. The number of carboxylic acid groups (broad SMARTS) is 1. The Morgan fingerprint density at radius 1 is 1.07 bits per heavy atom. The number of nitrogens with zero attached hydrogens (tertiary/aromatic N) is 3. The molecule has 4 rings (SSSR count). The molecule has 30 heavy (non-hydrogen) atoms. The molecule has 0 atom stereocenters. The lowest BCUT2D eigenvalue weighted by molar-refractivity contribution is -0.192. The van der Waals surface area contributed by atoms with Crippen LogP contribution >= 0.6 is 0 Å². The number of rotatable bonds is 4. The van der Waals surface area contributed by atoms with Crippen molar-refractivity contribution in [3.05, 3.63) is 54.1 Å².